The molecule has 0 saturated carbocycles. The van der Waals surface area contributed by atoms with E-state index in [0.717, 1.165) is 24.4 Å². The Morgan fingerprint density at radius 2 is 1.69 bits per heavy atom. The number of hydrogen-bond donors (Lipinski definition) is 2. The maximum Gasteiger partial charge on any atom is 0.416 e. The molecule has 4 rings (SSSR count). The van der Waals surface area contributed by atoms with E-state index >= 15 is 0 Å². The fourth-order valence-corrected chi connectivity index (χ4v) is 3.96. The second-order valence-corrected chi connectivity index (χ2v) is 8.77. The molecule has 4 aromatic rings. The first kappa shape index (κ1) is 21.8. The predicted molar refractivity (Wildman–Crippen MR) is 113 cm³/mol. The van der Waals surface area contributed by atoms with Gasteiger partial charge in [0.25, 0.3) is 10.0 Å². The summed E-state index contributed by atoms with van der Waals surface area (Å²) in [7, 11) is -2.55. The van der Waals surface area contributed by atoms with Crippen LogP contribution in [0.1, 0.15) is 5.56 Å². The van der Waals surface area contributed by atoms with E-state index in [0.29, 0.717) is 11.0 Å². The van der Waals surface area contributed by atoms with Crippen molar-refractivity contribution >= 4 is 50.0 Å². The Hall–Kier alpha value is -3.38. The molecule has 2 N–H and O–H groups in total. The summed E-state index contributed by atoms with van der Waals surface area (Å²) in [6.07, 6.45) is -2.16. The van der Waals surface area contributed by atoms with E-state index in [1.54, 1.807) is 31.3 Å². The van der Waals surface area contributed by atoms with Gasteiger partial charge in [-0.05, 0) is 30.3 Å². The topological polar surface area (TPSA) is 102 Å². The average Bonchev–Trinajstić information content (AvgIpc) is 3.16. The van der Waals surface area contributed by atoms with E-state index in [1.165, 1.54) is 10.9 Å². The molecule has 8 nitrogen and oxygen atoms in total. The van der Waals surface area contributed by atoms with Crippen molar-refractivity contribution in [1.82, 2.24) is 19.7 Å². The van der Waals surface area contributed by atoms with Gasteiger partial charge < -0.3 is 5.32 Å². The summed E-state index contributed by atoms with van der Waals surface area (Å²) < 4.78 is 68.6. The molecule has 0 aliphatic carbocycles. The van der Waals surface area contributed by atoms with E-state index in [4.69, 9.17) is 11.6 Å². The number of aromatic nitrogens is 4. The van der Waals surface area contributed by atoms with Gasteiger partial charge in [0.1, 0.15) is 4.90 Å². The molecular formula is C19H14ClF3N6O2S. The molecule has 0 aliphatic rings. The Morgan fingerprint density at radius 1 is 1.03 bits per heavy atom. The molecule has 0 fully saturated rings. The Bertz CT molecular complexity index is 1420. The lowest BCUT2D eigenvalue weighted by Crippen LogP contribution is -2.15. The summed E-state index contributed by atoms with van der Waals surface area (Å²) in [5.74, 6) is -0.349. The number of rotatable bonds is 5. The zero-order valence-electron chi connectivity index (χ0n) is 16.2. The first-order chi connectivity index (χ1) is 15.0. The summed E-state index contributed by atoms with van der Waals surface area (Å²) in [6.45, 7) is 0. The van der Waals surface area contributed by atoms with Crippen molar-refractivity contribution in [3.63, 3.8) is 0 Å². The first-order valence-electron chi connectivity index (χ1n) is 8.95. The minimum absolute atomic E-state index is 0.0194. The maximum atomic E-state index is 13.1. The van der Waals surface area contributed by atoms with Crippen LogP contribution in [0, 0.1) is 0 Å². The van der Waals surface area contributed by atoms with Crippen LogP contribution in [-0.2, 0) is 23.2 Å². The van der Waals surface area contributed by atoms with Crippen molar-refractivity contribution in [3.05, 3.63) is 65.4 Å². The van der Waals surface area contributed by atoms with Gasteiger partial charge in [-0.2, -0.15) is 18.3 Å². The molecule has 2 aromatic heterocycles. The van der Waals surface area contributed by atoms with Gasteiger partial charge in [-0.15, -0.1) is 0 Å². The molecule has 0 atom stereocenters. The molecule has 0 amide bonds. The second kappa shape index (κ2) is 7.95. The third-order valence-corrected chi connectivity index (χ3v) is 5.96. The molecule has 0 radical (unpaired) electrons. The number of halogens is 4. The fourth-order valence-electron chi connectivity index (χ4n) is 2.81. The number of hydrogen-bond acceptors (Lipinski definition) is 6. The SMILES string of the molecule is Cn1cc(S(=O)(=O)Nc2nc3ccccc3nc2Nc2cc(C(F)(F)F)ccc2Cl)cn1. The average molecular weight is 483 g/mol. The number of alkyl halides is 3. The van der Waals surface area contributed by atoms with E-state index in [1.807, 2.05) is 0 Å². The van der Waals surface area contributed by atoms with Crippen LogP contribution >= 0.6 is 11.6 Å². The first-order valence-corrected chi connectivity index (χ1v) is 10.8. The van der Waals surface area contributed by atoms with Crippen molar-refractivity contribution in [2.24, 2.45) is 7.05 Å². The molecule has 0 spiro atoms. The van der Waals surface area contributed by atoms with Gasteiger partial charge in [-0.3, -0.25) is 9.40 Å². The summed E-state index contributed by atoms with van der Waals surface area (Å²) in [5, 5.41) is 6.48. The largest absolute Gasteiger partial charge is 0.416 e. The Labute approximate surface area is 185 Å². The van der Waals surface area contributed by atoms with Crippen LogP contribution in [0.15, 0.2) is 59.8 Å². The smallest absolute Gasteiger partial charge is 0.336 e. The summed E-state index contributed by atoms with van der Waals surface area (Å²) in [6, 6.07) is 9.35. The van der Waals surface area contributed by atoms with Gasteiger partial charge in [0.05, 0.1) is 33.5 Å². The summed E-state index contributed by atoms with van der Waals surface area (Å²) in [4.78, 5) is 8.48. The highest BCUT2D eigenvalue weighted by molar-refractivity contribution is 7.92. The number of sulfonamides is 1. The molecule has 0 bridgehead atoms. The zero-order chi connectivity index (χ0) is 23.1. The molecule has 2 heterocycles. The number of anilines is 3. The van der Waals surface area contributed by atoms with Crippen LogP contribution < -0.4 is 10.0 Å². The molecule has 0 saturated heterocycles. The van der Waals surface area contributed by atoms with Crippen molar-refractivity contribution in [2.75, 3.05) is 10.0 Å². The third-order valence-electron chi connectivity index (χ3n) is 4.34. The van der Waals surface area contributed by atoms with Gasteiger partial charge in [0, 0.05) is 13.2 Å². The zero-order valence-corrected chi connectivity index (χ0v) is 17.8. The number of nitrogens with zero attached hydrogens (tertiary/aromatic N) is 4. The standard InChI is InChI=1S/C19H14ClF3N6O2S/c1-29-10-12(9-24-29)32(30,31)28-18-17(25-14-4-2-3-5-15(14)26-18)27-16-8-11(19(21,22)23)6-7-13(16)20/h2-10H,1H3,(H,25,27)(H,26,28). The van der Waals surface area contributed by atoms with E-state index < -0.39 is 21.8 Å². The Balaban J connectivity index is 1.81. The molecular weight excluding hydrogens is 469 g/mol. The van der Waals surface area contributed by atoms with Crippen LogP contribution in [-0.4, -0.2) is 28.2 Å². The summed E-state index contributed by atoms with van der Waals surface area (Å²) in [5.41, 5.74) is -0.289. The van der Waals surface area contributed by atoms with Gasteiger partial charge in [-0.25, -0.2) is 18.4 Å². The normalized spacial score (nSPS) is 12.2. The number of fused-ring (bicyclic) bond motifs is 1. The Morgan fingerprint density at radius 3 is 2.28 bits per heavy atom. The number of nitrogens with one attached hydrogen (secondary N) is 2. The van der Waals surface area contributed by atoms with Gasteiger partial charge in [0.2, 0.25) is 0 Å². The highest BCUT2D eigenvalue weighted by Crippen LogP contribution is 2.36. The van der Waals surface area contributed by atoms with E-state index in [2.05, 4.69) is 25.1 Å². The minimum atomic E-state index is -4.60. The van der Waals surface area contributed by atoms with E-state index in [9.17, 15) is 21.6 Å². The van der Waals surface area contributed by atoms with E-state index in [-0.39, 0.29) is 27.2 Å². The second-order valence-electron chi connectivity index (χ2n) is 6.68. The molecule has 166 valence electrons. The molecule has 0 aliphatic heterocycles. The lowest BCUT2D eigenvalue weighted by atomic mass is 10.2. The quantitative estimate of drug-likeness (QED) is 0.432. The van der Waals surface area contributed by atoms with Crippen molar-refractivity contribution in [1.29, 1.82) is 0 Å². The minimum Gasteiger partial charge on any atom is -0.336 e. The van der Waals surface area contributed by atoms with Crippen LogP contribution in [0.4, 0.5) is 30.5 Å². The molecule has 2 aromatic carbocycles. The molecule has 32 heavy (non-hydrogen) atoms. The van der Waals surface area contributed by atoms with Gasteiger partial charge >= 0.3 is 6.18 Å². The predicted octanol–water partition coefficient (Wildman–Crippen LogP) is 4.58. The van der Waals surface area contributed by atoms with Crippen LogP contribution in [0.25, 0.3) is 11.0 Å². The Kier molecular flexibility index (Phi) is 5.42. The monoisotopic (exact) mass is 482 g/mol. The van der Waals surface area contributed by atoms with Gasteiger partial charge in [-0.1, -0.05) is 23.7 Å². The van der Waals surface area contributed by atoms with Crippen LogP contribution in [0.3, 0.4) is 0 Å². The number of benzene rings is 2. The lowest BCUT2D eigenvalue weighted by molar-refractivity contribution is -0.137. The van der Waals surface area contributed by atoms with Crippen LogP contribution in [0.2, 0.25) is 5.02 Å². The lowest BCUT2D eigenvalue weighted by Gasteiger charge is -2.15. The molecule has 0 unspecified atom stereocenters. The fraction of sp³-hybridized carbons (Fsp3) is 0.105. The number of aryl methyl sites for hydroxylation is 1. The third kappa shape index (κ3) is 4.46. The van der Waals surface area contributed by atoms with Crippen molar-refractivity contribution in [2.45, 2.75) is 11.1 Å². The van der Waals surface area contributed by atoms with Crippen molar-refractivity contribution in [3.8, 4) is 0 Å². The number of para-hydroxylation sites is 2. The van der Waals surface area contributed by atoms with Crippen molar-refractivity contribution < 1.29 is 21.6 Å². The van der Waals surface area contributed by atoms with Crippen LogP contribution in [0.5, 0.6) is 0 Å². The summed E-state index contributed by atoms with van der Waals surface area (Å²) >= 11 is 6.07. The maximum absolute atomic E-state index is 13.1. The van der Waals surface area contributed by atoms with Gasteiger partial charge in [0.15, 0.2) is 11.6 Å². The highest BCUT2D eigenvalue weighted by Gasteiger charge is 2.31. The highest BCUT2D eigenvalue weighted by atomic mass is 35.5. The molecule has 13 heteroatoms.